The van der Waals surface area contributed by atoms with Crippen LogP contribution in [0, 0.1) is 20.8 Å². The van der Waals surface area contributed by atoms with Gasteiger partial charge >= 0.3 is 0 Å². The predicted octanol–water partition coefficient (Wildman–Crippen LogP) is 3.81. The Morgan fingerprint density at radius 2 is 1.80 bits per heavy atom. The molecule has 9 nitrogen and oxygen atoms in total. The molecule has 0 radical (unpaired) electrons. The van der Waals surface area contributed by atoms with Crippen LogP contribution >= 0.6 is 0 Å². The normalized spacial score (nSPS) is 16.2. The van der Waals surface area contributed by atoms with Gasteiger partial charge in [-0.25, -0.2) is 13.4 Å². The molecule has 0 fully saturated rings. The van der Waals surface area contributed by atoms with E-state index in [1.54, 1.807) is 40.0 Å². The third kappa shape index (κ3) is 4.68. The van der Waals surface area contributed by atoms with Crippen LogP contribution in [0.15, 0.2) is 57.1 Å². The first-order valence-electron chi connectivity index (χ1n) is 11.7. The number of nitrogens with zero attached hydrogens (tertiary/aromatic N) is 5. The van der Waals surface area contributed by atoms with E-state index < -0.39 is 10.0 Å². The summed E-state index contributed by atoms with van der Waals surface area (Å²) in [7, 11) is -3.71. The Kier molecular flexibility index (Phi) is 6.95. The van der Waals surface area contributed by atoms with Gasteiger partial charge in [0.2, 0.25) is 10.0 Å². The highest BCUT2D eigenvalue weighted by atomic mass is 32.2. The van der Waals surface area contributed by atoms with Crippen LogP contribution in [0.4, 0.5) is 0 Å². The Bertz CT molecular complexity index is 1340. The molecule has 1 aromatic carbocycles. The molecule has 0 saturated carbocycles. The second-order valence-electron chi connectivity index (χ2n) is 8.63. The second-order valence-corrected chi connectivity index (χ2v) is 10.5. The van der Waals surface area contributed by atoms with Crippen molar-refractivity contribution in [2.24, 2.45) is 5.10 Å². The smallest absolute Gasteiger partial charge is 0.265 e. The maximum atomic E-state index is 13.5. The molecule has 1 unspecified atom stereocenters. The lowest BCUT2D eigenvalue weighted by Gasteiger charge is -2.20. The highest BCUT2D eigenvalue weighted by Gasteiger charge is 2.36. The fourth-order valence-electron chi connectivity index (χ4n) is 4.46. The number of sulfonamides is 1. The van der Waals surface area contributed by atoms with Crippen molar-refractivity contribution in [2.45, 2.75) is 58.5 Å². The number of furan rings is 1. The molecule has 4 rings (SSSR count). The van der Waals surface area contributed by atoms with Gasteiger partial charge in [-0.2, -0.15) is 14.5 Å². The summed E-state index contributed by atoms with van der Waals surface area (Å²) in [5, 5.41) is 10.5. The molecule has 0 saturated heterocycles. The number of amides is 1. The molecule has 1 aliphatic rings. The van der Waals surface area contributed by atoms with E-state index in [2.05, 4.69) is 10.2 Å². The summed E-state index contributed by atoms with van der Waals surface area (Å²) in [5.74, 6) is 0.341. The maximum Gasteiger partial charge on any atom is 0.265 e. The molecule has 1 atom stereocenters. The van der Waals surface area contributed by atoms with Crippen LogP contribution in [0.3, 0.4) is 0 Å². The Morgan fingerprint density at radius 1 is 1.11 bits per heavy atom. The molecule has 10 heteroatoms. The van der Waals surface area contributed by atoms with Gasteiger partial charge in [0.05, 0.1) is 23.4 Å². The van der Waals surface area contributed by atoms with E-state index >= 15 is 0 Å². The van der Waals surface area contributed by atoms with E-state index in [0.29, 0.717) is 36.7 Å². The minimum absolute atomic E-state index is 0.137. The van der Waals surface area contributed by atoms with E-state index in [9.17, 15) is 13.2 Å². The second kappa shape index (κ2) is 9.79. The van der Waals surface area contributed by atoms with Crippen molar-refractivity contribution >= 4 is 21.6 Å². The summed E-state index contributed by atoms with van der Waals surface area (Å²) in [6.07, 6.45) is 2.09. The Labute approximate surface area is 206 Å². The van der Waals surface area contributed by atoms with Crippen LogP contribution in [-0.2, 0) is 21.4 Å². The lowest BCUT2D eigenvalue weighted by molar-refractivity contribution is -0.134. The molecule has 186 valence electrons. The zero-order valence-corrected chi connectivity index (χ0v) is 21.5. The van der Waals surface area contributed by atoms with E-state index in [1.165, 1.54) is 14.0 Å². The van der Waals surface area contributed by atoms with Crippen molar-refractivity contribution in [1.29, 1.82) is 0 Å². The number of hydrogen-bond donors (Lipinski definition) is 0. The standard InChI is InChI=1S/C25H31N5O4S/c1-6-28(7-2)35(32,33)25-18(4)26-29(19(25)5)16-24(31)30-22(23-9-8-14-34-23)15-21(27-30)20-12-10-17(3)11-13-20/h8-14,22H,6-7,15-16H2,1-5H3. The van der Waals surface area contributed by atoms with Gasteiger partial charge in [0, 0.05) is 19.5 Å². The van der Waals surface area contributed by atoms with Gasteiger partial charge in [0.15, 0.2) is 0 Å². The summed E-state index contributed by atoms with van der Waals surface area (Å²) >= 11 is 0. The molecular formula is C25H31N5O4S. The van der Waals surface area contributed by atoms with Gasteiger partial charge in [-0.15, -0.1) is 0 Å². The quantitative estimate of drug-likeness (QED) is 0.471. The lowest BCUT2D eigenvalue weighted by Crippen LogP contribution is -2.32. The molecule has 0 bridgehead atoms. The Balaban J connectivity index is 1.65. The fraction of sp³-hybridized carbons (Fsp3) is 0.400. The largest absolute Gasteiger partial charge is 0.467 e. The number of aromatic nitrogens is 2. The molecule has 2 aromatic heterocycles. The van der Waals surface area contributed by atoms with Crippen molar-refractivity contribution in [3.8, 4) is 0 Å². The Hall–Kier alpha value is -3.24. The average Bonchev–Trinajstić information content (AvgIpc) is 3.54. The van der Waals surface area contributed by atoms with Gasteiger partial charge in [-0.1, -0.05) is 43.7 Å². The first-order chi connectivity index (χ1) is 16.7. The Morgan fingerprint density at radius 3 is 2.40 bits per heavy atom. The first kappa shape index (κ1) is 24.9. The van der Waals surface area contributed by atoms with Crippen molar-refractivity contribution in [3.63, 3.8) is 0 Å². The van der Waals surface area contributed by atoms with E-state index in [-0.39, 0.29) is 23.4 Å². The highest BCUT2D eigenvalue weighted by molar-refractivity contribution is 7.89. The van der Waals surface area contributed by atoms with Crippen molar-refractivity contribution in [1.82, 2.24) is 19.1 Å². The van der Waals surface area contributed by atoms with Gasteiger partial charge in [-0.3, -0.25) is 9.48 Å². The van der Waals surface area contributed by atoms with Crippen LogP contribution in [0.2, 0.25) is 0 Å². The lowest BCUT2D eigenvalue weighted by atomic mass is 10.0. The summed E-state index contributed by atoms with van der Waals surface area (Å²) in [6.45, 7) is 9.52. The number of rotatable bonds is 8. The van der Waals surface area contributed by atoms with Gasteiger partial charge < -0.3 is 4.42 Å². The van der Waals surface area contributed by atoms with E-state index in [0.717, 1.165) is 16.8 Å². The molecule has 3 aromatic rings. The van der Waals surface area contributed by atoms with Crippen LogP contribution in [0.1, 0.15) is 54.6 Å². The van der Waals surface area contributed by atoms with Crippen LogP contribution in [0.5, 0.6) is 0 Å². The zero-order chi connectivity index (χ0) is 25.3. The SMILES string of the molecule is CCN(CC)S(=O)(=O)c1c(C)nn(CC(=O)N2N=C(c3ccc(C)cc3)CC2c2ccco2)c1C. The number of hydrazone groups is 1. The number of carbonyl (C=O) groups is 1. The fourth-order valence-corrected chi connectivity index (χ4v) is 6.30. The van der Waals surface area contributed by atoms with Gasteiger partial charge in [-0.05, 0) is 38.5 Å². The predicted molar refractivity (Wildman–Crippen MR) is 132 cm³/mol. The topological polar surface area (TPSA) is 101 Å². The molecule has 35 heavy (non-hydrogen) atoms. The van der Waals surface area contributed by atoms with Crippen molar-refractivity contribution < 1.29 is 17.6 Å². The van der Waals surface area contributed by atoms with Crippen molar-refractivity contribution in [3.05, 3.63) is 70.9 Å². The monoisotopic (exact) mass is 497 g/mol. The summed E-state index contributed by atoms with van der Waals surface area (Å²) in [4.78, 5) is 13.6. The highest BCUT2D eigenvalue weighted by Crippen LogP contribution is 2.33. The summed E-state index contributed by atoms with van der Waals surface area (Å²) in [5.41, 5.74) is 3.68. The molecule has 0 spiro atoms. The van der Waals surface area contributed by atoms with E-state index in [1.807, 2.05) is 37.3 Å². The van der Waals surface area contributed by atoms with Crippen LogP contribution < -0.4 is 0 Å². The average molecular weight is 498 g/mol. The van der Waals surface area contributed by atoms with Gasteiger partial charge in [0.1, 0.15) is 23.2 Å². The van der Waals surface area contributed by atoms with Crippen LogP contribution in [0.25, 0.3) is 0 Å². The van der Waals surface area contributed by atoms with Crippen LogP contribution in [-0.4, -0.2) is 52.2 Å². The molecule has 0 aliphatic carbocycles. The molecular weight excluding hydrogens is 466 g/mol. The number of benzene rings is 1. The minimum atomic E-state index is -3.71. The summed E-state index contributed by atoms with van der Waals surface area (Å²) < 4.78 is 34.8. The third-order valence-corrected chi connectivity index (χ3v) is 8.63. The molecule has 1 aliphatic heterocycles. The zero-order valence-electron chi connectivity index (χ0n) is 20.7. The number of aryl methyl sites for hydroxylation is 2. The van der Waals surface area contributed by atoms with Gasteiger partial charge in [0.25, 0.3) is 5.91 Å². The number of hydrogen-bond acceptors (Lipinski definition) is 6. The maximum absolute atomic E-state index is 13.5. The number of carbonyl (C=O) groups excluding carboxylic acids is 1. The summed E-state index contributed by atoms with van der Waals surface area (Å²) in [6, 6.07) is 11.2. The molecule has 0 N–H and O–H groups in total. The molecule has 1 amide bonds. The third-order valence-electron chi connectivity index (χ3n) is 6.33. The van der Waals surface area contributed by atoms with Crippen molar-refractivity contribution in [2.75, 3.05) is 13.1 Å². The van der Waals surface area contributed by atoms with E-state index in [4.69, 9.17) is 4.42 Å². The minimum Gasteiger partial charge on any atom is -0.467 e. The molecule has 3 heterocycles. The first-order valence-corrected chi connectivity index (χ1v) is 13.2.